The fourth-order valence-electron chi connectivity index (χ4n) is 0.948. The number of aromatic nitrogens is 1. The van der Waals surface area contributed by atoms with Crippen molar-refractivity contribution in [3.8, 4) is 0 Å². The lowest BCUT2D eigenvalue weighted by Crippen LogP contribution is -2.07. The SMILES string of the molecule is NCCC(O)c1cnccc1Br. The number of hydrogen-bond donors (Lipinski definition) is 2. The van der Waals surface area contributed by atoms with E-state index in [0.717, 1.165) is 10.0 Å². The zero-order valence-electron chi connectivity index (χ0n) is 6.57. The Hall–Kier alpha value is -0.450. The average Bonchev–Trinajstić information content (AvgIpc) is 2.05. The van der Waals surface area contributed by atoms with Crippen molar-refractivity contribution in [2.24, 2.45) is 5.73 Å². The number of halogens is 1. The van der Waals surface area contributed by atoms with Gasteiger partial charge >= 0.3 is 0 Å². The summed E-state index contributed by atoms with van der Waals surface area (Å²) in [5.41, 5.74) is 6.12. The molecule has 4 heteroatoms. The molecule has 0 saturated carbocycles. The van der Waals surface area contributed by atoms with Crippen molar-refractivity contribution < 1.29 is 5.11 Å². The number of aliphatic hydroxyl groups is 1. The van der Waals surface area contributed by atoms with E-state index in [-0.39, 0.29) is 0 Å². The van der Waals surface area contributed by atoms with Gasteiger partial charge in [-0.1, -0.05) is 15.9 Å². The molecule has 12 heavy (non-hydrogen) atoms. The molecule has 1 aromatic heterocycles. The zero-order chi connectivity index (χ0) is 8.97. The lowest BCUT2D eigenvalue weighted by Gasteiger charge is -2.10. The highest BCUT2D eigenvalue weighted by atomic mass is 79.9. The Bertz CT molecular complexity index is 255. The first-order valence-corrected chi connectivity index (χ1v) is 4.52. The lowest BCUT2D eigenvalue weighted by atomic mass is 10.1. The van der Waals surface area contributed by atoms with Crippen LogP contribution < -0.4 is 5.73 Å². The second-order valence-electron chi connectivity index (χ2n) is 2.49. The predicted octanol–water partition coefficient (Wildman–Crippen LogP) is 1.23. The van der Waals surface area contributed by atoms with E-state index in [1.807, 2.05) is 0 Å². The van der Waals surface area contributed by atoms with Crippen molar-refractivity contribution in [3.05, 3.63) is 28.5 Å². The summed E-state index contributed by atoms with van der Waals surface area (Å²) in [6.45, 7) is 0.475. The van der Waals surface area contributed by atoms with Gasteiger partial charge in [0, 0.05) is 22.4 Å². The molecule has 0 aliphatic heterocycles. The summed E-state index contributed by atoms with van der Waals surface area (Å²) in [4.78, 5) is 3.92. The molecule has 0 aliphatic rings. The van der Waals surface area contributed by atoms with E-state index in [0.29, 0.717) is 13.0 Å². The van der Waals surface area contributed by atoms with Gasteiger partial charge in [0.1, 0.15) is 0 Å². The van der Waals surface area contributed by atoms with Gasteiger partial charge in [0.15, 0.2) is 0 Å². The van der Waals surface area contributed by atoms with Crippen LogP contribution in [0, 0.1) is 0 Å². The highest BCUT2D eigenvalue weighted by Crippen LogP contribution is 2.23. The number of nitrogens with zero attached hydrogens (tertiary/aromatic N) is 1. The molecule has 3 N–H and O–H groups in total. The molecule has 66 valence electrons. The summed E-state index contributed by atoms with van der Waals surface area (Å²) >= 11 is 3.33. The van der Waals surface area contributed by atoms with Crippen molar-refractivity contribution in [1.29, 1.82) is 0 Å². The van der Waals surface area contributed by atoms with Gasteiger partial charge < -0.3 is 10.8 Å². The highest BCUT2D eigenvalue weighted by Gasteiger charge is 2.09. The van der Waals surface area contributed by atoms with Crippen LogP contribution in [-0.4, -0.2) is 16.6 Å². The van der Waals surface area contributed by atoms with Crippen molar-refractivity contribution >= 4 is 15.9 Å². The van der Waals surface area contributed by atoms with Gasteiger partial charge in [-0.15, -0.1) is 0 Å². The van der Waals surface area contributed by atoms with E-state index in [2.05, 4.69) is 20.9 Å². The number of pyridine rings is 1. The summed E-state index contributed by atoms with van der Waals surface area (Å²) in [7, 11) is 0. The number of hydrogen-bond acceptors (Lipinski definition) is 3. The van der Waals surface area contributed by atoms with Gasteiger partial charge in [-0.05, 0) is 19.0 Å². The molecular weight excluding hydrogens is 220 g/mol. The van der Waals surface area contributed by atoms with E-state index in [1.54, 1.807) is 18.5 Å². The molecule has 1 rings (SSSR count). The minimum Gasteiger partial charge on any atom is -0.388 e. The standard InChI is InChI=1S/C8H11BrN2O/c9-7-2-4-11-5-6(7)8(12)1-3-10/h2,4-5,8,12H,1,3,10H2. The molecule has 0 fully saturated rings. The molecule has 0 spiro atoms. The Morgan fingerprint density at radius 1 is 1.67 bits per heavy atom. The second kappa shape index (κ2) is 4.54. The summed E-state index contributed by atoms with van der Waals surface area (Å²) in [5.74, 6) is 0. The summed E-state index contributed by atoms with van der Waals surface area (Å²) < 4.78 is 0.874. The fraction of sp³-hybridized carbons (Fsp3) is 0.375. The lowest BCUT2D eigenvalue weighted by molar-refractivity contribution is 0.169. The minimum atomic E-state index is -0.516. The minimum absolute atomic E-state index is 0.475. The Kier molecular flexibility index (Phi) is 3.65. The summed E-state index contributed by atoms with van der Waals surface area (Å²) in [6.07, 6.45) is 3.36. The van der Waals surface area contributed by atoms with Crippen LogP contribution in [-0.2, 0) is 0 Å². The second-order valence-corrected chi connectivity index (χ2v) is 3.34. The predicted molar refractivity (Wildman–Crippen MR) is 50.6 cm³/mol. The van der Waals surface area contributed by atoms with Crippen molar-refractivity contribution in [1.82, 2.24) is 4.98 Å². The highest BCUT2D eigenvalue weighted by molar-refractivity contribution is 9.10. The topological polar surface area (TPSA) is 59.1 Å². The van der Waals surface area contributed by atoms with Gasteiger partial charge in [-0.25, -0.2) is 0 Å². The van der Waals surface area contributed by atoms with E-state index in [1.165, 1.54) is 0 Å². The van der Waals surface area contributed by atoms with Crippen LogP contribution in [0.3, 0.4) is 0 Å². The Balaban J connectivity index is 2.79. The molecule has 0 bridgehead atoms. The molecule has 1 atom stereocenters. The van der Waals surface area contributed by atoms with Crippen LogP contribution in [0.1, 0.15) is 18.1 Å². The van der Waals surface area contributed by atoms with Gasteiger partial charge in [-0.2, -0.15) is 0 Å². The zero-order valence-corrected chi connectivity index (χ0v) is 8.16. The monoisotopic (exact) mass is 230 g/mol. The Morgan fingerprint density at radius 3 is 3.00 bits per heavy atom. The molecule has 1 unspecified atom stereocenters. The normalized spacial score (nSPS) is 12.9. The molecule has 0 amide bonds. The largest absolute Gasteiger partial charge is 0.388 e. The van der Waals surface area contributed by atoms with Crippen LogP contribution in [0.25, 0.3) is 0 Å². The van der Waals surface area contributed by atoms with Crippen molar-refractivity contribution in [2.75, 3.05) is 6.54 Å². The number of rotatable bonds is 3. The summed E-state index contributed by atoms with van der Waals surface area (Å²) in [6, 6.07) is 1.80. The summed E-state index contributed by atoms with van der Waals surface area (Å²) in [5, 5.41) is 9.55. The van der Waals surface area contributed by atoms with Gasteiger partial charge in [-0.3, -0.25) is 4.98 Å². The van der Waals surface area contributed by atoms with Crippen LogP contribution >= 0.6 is 15.9 Å². The molecule has 0 aliphatic carbocycles. The molecule has 3 nitrogen and oxygen atoms in total. The Labute approximate surface area is 79.7 Å². The molecule has 1 heterocycles. The van der Waals surface area contributed by atoms with E-state index < -0.39 is 6.10 Å². The van der Waals surface area contributed by atoms with Gasteiger partial charge in [0.2, 0.25) is 0 Å². The van der Waals surface area contributed by atoms with Crippen LogP contribution in [0.4, 0.5) is 0 Å². The average molecular weight is 231 g/mol. The molecule has 0 aromatic carbocycles. The van der Waals surface area contributed by atoms with Crippen LogP contribution in [0.15, 0.2) is 22.9 Å². The maximum Gasteiger partial charge on any atom is 0.0828 e. The first-order chi connectivity index (χ1) is 5.75. The van der Waals surface area contributed by atoms with E-state index in [4.69, 9.17) is 5.73 Å². The first-order valence-electron chi connectivity index (χ1n) is 3.73. The Morgan fingerprint density at radius 2 is 2.42 bits per heavy atom. The third-order valence-corrected chi connectivity index (χ3v) is 2.32. The van der Waals surface area contributed by atoms with Crippen LogP contribution in [0.2, 0.25) is 0 Å². The van der Waals surface area contributed by atoms with Crippen molar-refractivity contribution in [3.63, 3.8) is 0 Å². The van der Waals surface area contributed by atoms with Crippen molar-refractivity contribution in [2.45, 2.75) is 12.5 Å². The van der Waals surface area contributed by atoms with Gasteiger partial charge in [0.25, 0.3) is 0 Å². The molecular formula is C8H11BrN2O. The quantitative estimate of drug-likeness (QED) is 0.822. The van der Waals surface area contributed by atoms with Gasteiger partial charge in [0.05, 0.1) is 6.10 Å². The smallest absolute Gasteiger partial charge is 0.0828 e. The number of nitrogens with two attached hydrogens (primary N) is 1. The third kappa shape index (κ3) is 2.27. The maximum atomic E-state index is 9.55. The third-order valence-electron chi connectivity index (χ3n) is 1.60. The van der Waals surface area contributed by atoms with Crippen LogP contribution in [0.5, 0.6) is 0 Å². The fourth-order valence-corrected chi connectivity index (χ4v) is 1.43. The first kappa shape index (κ1) is 9.64. The molecule has 1 aromatic rings. The molecule has 0 radical (unpaired) electrons. The van der Waals surface area contributed by atoms with E-state index >= 15 is 0 Å². The number of aliphatic hydroxyl groups excluding tert-OH is 1. The maximum absolute atomic E-state index is 9.55. The molecule has 0 saturated heterocycles. The van der Waals surface area contributed by atoms with E-state index in [9.17, 15) is 5.11 Å².